The Morgan fingerprint density at radius 2 is 1.00 bits per heavy atom. The minimum Gasteiger partial charge on any atom is -0.0984 e. The van der Waals surface area contributed by atoms with Crippen LogP contribution >= 0.6 is 0 Å². The van der Waals surface area contributed by atoms with Gasteiger partial charge >= 0.3 is 0 Å². The van der Waals surface area contributed by atoms with E-state index in [1.807, 2.05) is 12.2 Å². The molecule has 0 aliphatic carbocycles. The lowest BCUT2D eigenvalue weighted by Crippen LogP contribution is -1.93. The van der Waals surface area contributed by atoms with Gasteiger partial charge < -0.3 is 0 Å². The fourth-order valence-electron chi connectivity index (χ4n) is 4.54. The molecular weight excluding hydrogens is 360 g/mol. The Balaban J connectivity index is 2.02. The summed E-state index contributed by atoms with van der Waals surface area (Å²) in [6.45, 7) is 8.11. The van der Waals surface area contributed by atoms with Gasteiger partial charge in [0, 0.05) is 0 Å². The maximum Gasteiger partial charge on any atom is -0.00201 e. The average molecular weight is 383 g/mol. The van der Waals surface area contributed by atoms with Crippen molar-refractivity contribution in [1.29, 1.82) is 0 Å². The first kappa shape index (κ1) is 18.1. The van der Waals surface area contributed by atoms with Crippen molar-refractivity contribution in [3.63, 3.8) is 0 Å². The molecule has 0 heterocycles. The molecular formula is C30H22. The highest BCUT2D eigenvalue weighted by Gasteiger charge is 2.17. The number of benzene rings is 5. The molecule has 0 aromatic heterocycles. The predicted octanol–water partition coefficient (Wildman–Crippen LogP) is 8.61. The lowest BCUT2D eigenvalue weighted by Gasteiger charge is -2.19. The highest BCUT2D eigenvalue weighted by atomic mass is 14.2. The Hall–Kier alpha value is -3.90. The molecule has 0 unspecified atom stereocenters. The molecule has 0 heteroatoms. The molecule has 30 heavy (non-hydrogen) atoms. The third-order valence-corrected chi connectivity index (χ3v) is 5.83. The first-order chi connectivity index (χ1) is 14.8. The Morgan fingerprint density at radius 3 is 1.53 bits per heavy atom. The van der Waals surface area contributed by atoms with Crippen molar-refractivity contribution >= 4 is 33.7 Å². The summed E-state index contributed by atoms with van der Waals surface area (Å²) in [6, 6.07) is 34.5. The van der Waals surface area contributed by atoms with Gasteiger partial charge in [-0.25, -0.2) is 0 Å². The van der Waals surface area contributed by atoms with Crippen molar-refractivity contribution in [2.45, 2.75) is 0 Å². The van der Waals surface area contributed by atoms with Gasteiger partial charge in [-0.05, 0) is 54.9 Å². The zero-order valence-corrected chi connectivity index (χ0v) is 16.8. The zero-order valence-electron chi connectivity index (χ0n) is 16.8. The van der Waals surface area contributed by atoms with Crippen molar-refractivity contribution in [1.82, 2.24) is 0 Å². The molecule has 0 amide bonds. The van der Waals surface area contributed by atoms with Crippen LogP contribution in [0.1, 0.15) is 11.1 Å². The molecule has 0 aliphatic heterocycles. The van der Waals surface area contributed by atoms with Crippen molar-refractivity contribution in [3.8, 4) is 22.3 Å². The second-order valence-electron chi connectivity index (χ2n) is 7.42. The molecule has 142 valence electrons. The van der Waals surface area contributed by atoms with E-state index < -0.39 is 0 Å². The van der Waals surface area contributed by atoms with Crippen LogP contribution in [0.15, 0.2) is 110 Å². The Kier molecular flexibility index (Phi) is 4.53. The van der Waals surface area contributed by atoms with Gasteiger partial charge in [0.15, 0.2) is 0 Å². The summed E-state index contributed by atoms with van der Waals surface area (Å²) in [5, 5.41) is 5.02. The van der Waals surface area contributed by atoms with E-state index in [1.54, 1.807) is 0 Å². The lowest BCUT2D eigenvalue weighted by molar-refractivity contribution is 1.60. The molecule has 0 radical (unpaired) electrons. The van der Waals surface area contributed by atoms with Crippen LogP contribution in [0, 0.1) is 0 Å². The van der Waals surface area contributed by atoms with Gasteiger partial charge in [0.2, 0.25) is 0 Å². The SMILES string of the molecule is C=Cc1cccc(-c2c3ccccc3c(-c3ccccc3)c3ccccc23)c1C=C. The van der Waals surface area contributed by atoms with Crippen molar-refractivity contribution in [2.75, 3.05) is 0 Å². The number of rotatable bonds is 4. The van der Waals surface area contributed by atoms with Gasteiger partial charge in [-0.2, -0.15) is 0 Å². The largest absolute Gasteiger partial charge is 0.0984 e. The minimum atomic E-state index is 1.10. The molecule has 0 atom stereocenters. The van der Waals surface area contributed by atoms with E-state index in [-0.39, 0.29) is 0 Å². The van der Waals surface area contributed by atoms with Crippen LogP contribution in [0.3, 0.4) is 0 Å². The number of hydrogen-bond acceptors (Lipinski definition) is 0. The Morgan fingerprint density at radius 1 is 0.467 bits per heavy atom. The Bertz CT molecular complexity index is 1350. The fraction of sp³-hybridized carbons (Fsp3) is 0. The molecule has 5 aromatic carbocycles. The van der Waals surface area contributed by atoms with Gasteiger partial charge in [0.25, 0.3) is 0 Å². The maximum absolute atomic E-state index is 4.10. The topological polar surface area (TPSA) is 0 Å². The minimum absolute atomic E-state index is 1.10. The second kappa shape index (κ2) is 7.50. The van der Waals surface area contributed by atoms with Gasteiger partial charge in [-0.1, -0.05) is 122 Å². The van der Waals surface area contributed by atoms with Gasteiger partial charge in [0.1, 0.15) is 0 Å². The van der Waals surface area contributed by atoms with Crippen molar-refractivity contribution in [2.24, 2.45) is 0 Å². The lowest BCUT2D eigenvalue weighted by atomic mass is 9.84. The first-order valence-electron chi connectivity index (χ1n) is 10.2. The average Bonchev–Trinajstić information content (AvgIpc) is 2.82. The molecule has 0 fully saturated rings. The van der Waals surface area contributed by atoms with E-state index in [2.05, 4.69) is 110 Å². The summed E-state index contributed by atoms with van der Waals surface area (Å²) in [5.74, 6) is 0. The van der Waals surface area contributed by atoms with Crippen LogP contribution in [0.2, 0.25) is 0 Å². The first-order valence-corrected chi connectivity index (χ1v) is 10.2. The smallest absolute Gasteiger partial charge is 0.00201 e. The van der Waals surface area contributed by atoms with Crippen molar-refractivity contribution < 1.29 is 0 Å². The summed E-state index contributed by atoms with van der Waals surface area (Å²) >= 11 is 0. The predicted molar refractivity (Wildman–Crippen MR) is 133 cm³/mol. The van der Waals surface area contributed by atoms with E-state index in [4.69, 9.17) is 0 Å². The van der Waals surface area contributed by atoms with Crippen LogP contribution in [-0.4, -0.2) is 0 Å². The molecule has 5 aromatic rings. The molecule has 0 aliphatic rings. The monoisotopic (exact) mass is 382 g/mol. The van der Waals surface area contributed by atoms with Gasteiger partial charge in [-0.3, -0.25) is 0 Å². The van der Waals surface area contributed by atoms with E-state index in [1.165, 1.54) is 43.8 Å². The highest BCUT2D eigenvalue weighted by molar-refractivity contribution is 6.22. The second-order valence-corrected chi connectivity index (χ2v) is 7.42. The molecule has 0 saturated carbocycles. The normalized spacial score (nSPS) is 10.9. The molecule has 0 nitrogen and oxygen atoms in total. The van der Waals surface area contributed by atoms with Crippen LogP contribution in [0.5, 0.6) is 0 Å². The molecule has 0 bridgehead atoms. The van der Waals surface area contributed by atoms with Gasteiger partial charge in [-0.15, -0.1) is 0 Å². The summed E-state index contributed by atoms with van der Waals surface area (Å²) in [7, 11) is 0. The summed E-state index contributed by atoms with van der Waals surface area (Å²) in [5.41, 5.74) is 7.18. The highest BCUT2D eigenvalue weighted by Crippen LogP contribution is 2.44. The molecule has 0 saturated heterocycles. The van der Waals surface area contributed by atoms with Crippen LogP contribution in [0.25, 0.3) is 56.0 Å². The third-order valence-electron chi connectivity index (χ3n) is 5.83. The molecule has 0 spiro atoms. The molecule has 5 rings (SSSR count). The fourth-order valence-corrected chi connectivity index (χ4v) is 4.54. The van der Waals surface area contributed by atoms with Crippen molar-refractivity contribution in [3.05, 3.63) is 121 Å². The quantitative estimate of drug-likeness (QED) is 0.273. The van der Waals surface area contributed by atoms with E-state index >= 15 is 0 Å². The Labute approximate surface area is 177 Å². The zero-order chi connectivity index (χ0) is 20.5. The number of fused-ring (bicyclic) bond motifs is 2. The van der Waals surface area contributed by atoms with Gasteiger partial charge in [0.05, 0.1) is 0 Å². The number of hydrogen-bond donors (Lipinski definition) is 0. The van der Waals surface area contributed by atoms with E-state index in [0.29, 0.717) is 0 Å². The van der Waals surface area contributed by atoms with Crippen LogP contribution in [0.4, 0.5) is 0 Å². The third kappa shape index (κ3) is 2.77. The molecule has 0 N–H and O–H groups in total. The van der Waals surface area contributed by atoms with E-state index in [9.17, 15) is 0 Å². The summed E-state index contributed by atoms with van der Waals surface area (Å²) < 4.78 is 0. The van der Waals surface area contributed by atoms with Crippen LogP contribution < -0.4 is 0 Å². The van der Waals surface area contributed by atoms with Crippen LogP contribution in [-0.2, 0) is 0 Å². The summed E-state index contributed by atoms with van der Waals surface area (Å²) in [4.78, 5) is 0. The maximum atomic E-state index is 4.10. The standard InChI is InChI=1S/C30H22/c1-3-21-15-12-20-24(23(21)4-2)30-27-18-10-8-16-25(27)29(22-13-6-5-7-14-22)26-17-9-11-19-28(26)30/h3-20H,1-2H2. The summed E-state index contributed by atoms with van der Waals surface area (Å²) in [6.07, 6.45) is 3.85. The van der Waals surface area contributed by atoms with E-state index in [0.717, 1.165) is 11.1 Å².